The molecule has 0 bridgehead atoms. The van der Waals surface area contributed by atoms with Gasteiger partial charge in [0.2, 0.25) is 0 Å². The maximum absolute atomic E-state index is 13.7. The molecule has 1 aromatic heterocycles. The van der Waals surface area contributed by atoms with E-state index in [1.165, 1.54) is 16.9 Å². The summed E-state index contributed by atoms with van der Waals surface area (Å²) in [5.41, 5.74) is 4.87. The van der Waals surface area contributed by atoms with Crippen LogP contribution in [0.2, 0.25) is 0 Å². The van der Waals surface area contributed by atoms with Crippen LogP contribution in [0.1, 0.15) is 56.3 Å². The monoisotopic (exact) mass is 489 g/mol. The van der Waals surface area contributed by atoms with E-state index in [1.807, 2.05) is 61.5 Å². The number of esters is 1. The Bertz CT molecular complexity index is 1440. The van der Waals surface area contributed by atoms with Gasteiger partial charge in [0.25, 0.3) is 5.56 Å². The number of fused-ring (bicyclic) bond motifs is 1. The molecule has 1 aliphatic rings. The molecule has 182 valence electrons. The molecule has 0 N–H and O–H groups in total. The first kappa shape index (κ1) is 24.7. The van der Waals surface area contributed by atoms with Crippen molar-refractivity contribution >= 4 is 29.1 Å². The van der Waals surface area contributed by atoms with Crippen molar-refractivity contribution in [2.75, 3.05) is 25.6 Å². The number of allylic oxidation sites excluding steroid dienone is 1. The van der Waals surface area contributed by atoms with Gasteiger partial charge in [-0.2, -0.15) is 0 Å². The lowest BCUT2D eigenvalue weighted by Crippen LogP contribution is -2.39. The van der Waals surface area contributed by atoms with Crippen LogP contribution >= 0.6 is 11.3 Å². The molecule has 1 aliphatic heterocycles. The molecule has 0 spiro atoms. The zero-order valence-corrected chi connectivity index (χ0v) is 21.8. The molecule has 0 amide bonds. The van der Waals surface area contributed by atoms with Crippen LogP contribution in [0.4, 0.5) is 5.69 Å². The lowest BCUT2D eigenvalue weighted by atomic mass is 9.93. The van der Waals surface area contributed by atoms with Crippen molar-refractivity contribution in [3.05, 3.63) is 96.2 Å². The fraction of sp³-hybridized carbons (Fsp3) is 0.321. The van der Waals surface area contributed by atoms with Crippen LogP contribution in [-0.2, 0) is 9.53 Å². The Morgan fingerprint density at radius 1 is 1.14 bits per heavy atom. The second-order valence-electron chi connectivity index (χ2n) is 9.11. The highest BCUT2D eigenvalue weighted by atomic mass is 32.1. The largest absolute Gasteiger partial charge is 0.463 e. The molecule has 7 heteroatoms. The van der Waals surface area contributed by atoms with Crippen LogP contribution in [0.3, 0.4) is 0 Å². The van der Waals surface area contributed by atoms with Crippen LogP contribution in [0.5, 0.6) is 0 Å². The van der Waals surface area contributed by atoms with Crippen LogP contribution in [0.15, 0.2) is 69.6 Å². The second-order valence-corrected chi connectivity index (χ2v) is 10.1. The Morgan fingerprint density at radius 2 is 1.80 bits per heavy atom. The molecular weight excluding hydrogens is 458 g/mol. The summed E-state index contributed by atoms with van der Waals surface area (Å²) in [4.78, 5) is 33.9. The maximum Gasteiger partial charge on any atom is 0.338 e. The third-order valence-corrected chi connectivity index (χ3v) is 7.13. The van der Waals surface area contributed by atoms with Gasteiger partial charge in [-0.15, -0.1) is 0 Å². The van der Waals surface area contributed by atoms with E-state index in [0.29, 0.717) is 26.5 Å². The summed E-state index contributed by atoms with van der Waals surface area (Å²) in [6.07, 6.45) is 1.88. The summed E-state index contributed by atoms with van der Waals surface area (Å²) in [5.74, 6) is -0.0630. The van der Waals surface area contributed by atoms with Gasteiger partial charge in [-0.3, -0.25) is 9.36 Å². The Hall–Kier alpha value is -3.45. The average molecular weight is 490 g/mol. The summed E-state index contributed by atoms with van der Waals surface area (Å²) in [6, 6.07) is 15.5. The normalized spacial score (nSPS) is 15.7. The first-order valence-corrected chi connectivity index (χ1v) is 12.6. The zero-order chi connectivity index (χ0) is 25.3. The number of thiazole rings is 1. The quantitative estimate of drug-likeness (QED) is 0.491. The molecule has 2 heterocycles. The number of hydrogen-bond acceptors (Lipinski definition) is 6. The van der Waals surface area contributed by atoms with Crippen molar-refractivity contribution in [3.8, 4) is 0 Å². The van der Waals surface area contributed by atoms with Crippen LogP contribution in [0, 0.1) is 0 Å². The zero-order valence-electron chi connectivity index (χ0n) is 21.0. The molecule has 0 fully saturated rings. The summed E-state index contributed by atoms with van der Waals surface area (Å²) in [6.45, 7) is 8.10. The minimum absolute atomic E-state index is 0.169. The molecule has 0 aliphatic carbocycles. The molecule has 0 saturated carbocycles. The third kappa shape index (κ3) is 4.86. The first-order chi connectivity index (χ1) is 16.7. The standard InChI is InChI=1S/C28H31N3O3S/c1-7-34-27(33)24-18(4)29-28-31(25(24)21-12-10-20(11-13-21)17(2)3)26(32)23(35-28)16-19-8-14-22(15-9-19)30(5)6/h8-17,25H,7H2,1-6H3/b23-16+. The Balaban J connectivity index is 1.88. The van der Waals surface area contributed by atoms with E-state index < -0.39 is 12.0 Å². The van der Waals surface area contributed by atoms with Crippen LogP contribution in [0.25, 0.3) is 6.08 Å². The number of ether oxygens (including phenoxy) is 1. The van der Waals surface area contributed by atoms with Crippen molar-refractivity contribution in [2.24, 2.45) is 4.99 Å². The van der Waals surface area contributed by atoms with E-state index >= 15 is 0 Å². The number of aromatic nitrogens is 1. The number of carbonyl (C=O) groups is 1. The molecule has 1 atom stereocenters. The molecule has 4 rings (SSSR count). The number of carbonyl (C=O) groups excluding carboxylic acids is 1. The highest BCUT2D eigenvalue weighted by Crippen LogP contribution is 2.31. The molecular formula is C28H31N3O3S. The minimum Gasteiger partial charge on any atom is -0.463 e. The van der Waals surface area contributed by atoms with Gasteiger partial charge in [-0.05, 0) is 54.7 Å². The van der Waals surface area contributed by atoms with Crippen molar-refractivity contribution in [2.45, 2.75) is 39.7 Å². The highest BCUT2D eigenvalue weighted by molar-refractivity contribution is 7.07. The number of rotatable bonds is 6. The van der Waals surface area contributed by atoms with Gasteiger partial charge in [0.15, 0.2) is 4.80 Å². The molecule has 35 heavy (non-hydrogen) atoms. The smallest absolute Gasteiger partial charge is 0.338 e. The van der Waals surface area contributed by atoms with E-state index in [-0.39, 0.29) is 12.2 Å². The number of hydrogen-bond donors (Lipinski definition) is 0. The van der Waals surface area contributed by atoms with Gasteiger partial charge < -0.3 is 9.64 Å². The third-order valence-electron chi connectivity index (χ3n) is 6.14. The Morgan fingerprint density at radius 3 is 2.37 bits per heavy atom. The molecule has 3 aromatic rings. The van der Waals surface area contributed by atoms with Crippen molar-refractivity contribution < 1.29 is 9.53 Å². The summed E-state index contributed by atoms with van der Waals surface area (Å²) in [7, 11) is 3.98. The number of benzene rings is 2. The van der Waals surface area contributed by atoms with Gasteiger partial charge in [0.05, 0.1) is 28.5 Å². The van der Waals surface area contributed by atoms with Crippen molar-refractivity contribution in [1.82, 2.24) is 4.57 Å². The number of anilines is 1. The van der Waals surface area contributed by atoms with Crippen molar-refractivity contribution in [3.63, 3.8) is 0 Å². The Labute approximate surface area is 209 Å². The Kier molecular flexibility index (Phi) is 7.08. The highest BCUT2D eigenvalue weighted by Gasteiger charge is 2.33. The fourth-order valence-corrected chi connectivity index (χ4v) is 5.24. The lowest BCUT2D eigenvalue weighted by molar-refractivity contribution is -0.139. The van der Waals surface area contributed by atoms with Gasteiger partial charge in [-0.25, -0.2) is 9.79 Å². The molecule has 0 radical (unpaired) electrons. The SMILES string of the molecule is CCOC(=O)C1=C(C)N=c2s/c(=C/c3ccc(N(C)C)cc3)c(=O)n2C1c1ccc(C(C)C)cc1. The molecule has 0 saturated heterocycles. The van der Waals surface area contributed by atoms with Crippen molar-refractivity contribution in [1.29, 1.82) is 0 Å². The van der Waals surface area contributed by atoms with Gasteiger partial charge in [-0.1, -0.05) is 61.6 Å². The predicted molar refractivity (Wildman–Crippen MR) is 142 cm³/mol. The first-order valence-electron chi connectivity index (χ1n) is 11.8. The fourth-order valence-electron chi connectivity index (χ4n) is 4.19. The summed E-state index contributed by atoms with van der Waals surface area (Å²) < 4.78 is 7.58. The van der Waals surface area contributed by atoms with E-state index in [4.69, 9.17) is 4.74 Å². The maximum atomic E-state index is 13.7. The average Bonchev–Trinajstić information content (AvgIpc) is 3.13. The topological polar surface area (TPSA) is 63.9 Å². The second kappa shape index (κ2) is 10.0. The van der Waals surface area contributed by atoms with E-state index in [2.05, 4.69) is 31.0 Å². The number of nitrogens with zero attached hydrogens (tertiary/aromatic N) is 3. The minimum atomic E-state index is -0.593. The van der Waals surface area contributed by atoms with Gasteiger partial charge in [0.1, 0.15) is 0 Å². The van der Waals surface area contributed by atoms with E-state index in [0.717, 1.165) is 16.8 Å². The summed E-state index contributed by atoms with van der Waals surface area (Å²) >= 11 is 1.34. The van der Waals surface area contributed by atoms with Gasteiger partial charge in [0, 0.05) is 19.8 Å². The summed E-state index contributed by atoms with van der Waals surface area (Å²) in [5, 5.41) is 0. The molecule has 6 nitrogen and oxygen atoms in total. The molecule has 2 aromatic carbocycles. The molecule has 1 unspecified atom stereocenters. The predicted octanol–water partition coefficient (Wildman–Crippen LogP) is 3.99. The van der Waals surface area contributed by atoms with Crippen LogP contribution < -0.4 is 19.8 Å². The van der Waals surface area contributed by atoms with Crippen LogP contribution in [-0.4, -0.2) is 31.2 Å². The van der Waals surface area contributed by atoms with Gasteiger partial charge >= 0.3 is 5.97 Å². The van der Waals surface area contributed by atoms with E-state index in [1.54, 1.807) is 18.4 Å². The van der Waals surface area contributed by atoms with E-state index in [9.17, 15) is 9.59 Å². The lowest BCUT2D eigenvalue weighted by Gasteiger charge is -2.25.